The number of likely N-dealkylation sites (tertiary alicyclic amines) is 1. The minimum absolute atomic E-state index is 0.0730. The number of nitrogens with two attached hydrogens (primary N) is 1. The first-order valence-electron chi connectivity index (χ1n) is 13.9. The normalized spacial score (nSPS) is 18.8. The lowest BCUT2D eigenvalue weighted by Crippen LogP contribution is -2.38. The number of anilines is 2. The van der Waals surface area contributed by atoms with Crippen LogP contribution in [0.1, 0.15) is 84.6 Å². The fourth-order valence-corrected chi connectivity index (χ4v) is 6.37. The Morgan fingerprint density at radius 1 is 1.05 bits per heavy atom. The summed E-state index contributed by atoms with van der Waals surface area (Å²) in [7, 11) is 0. The van der Waals surface area contributed by atoms with Crippen molar-refractivity contribution >= 4 is 28.3 Å². The second kappa shape index (κ2) is 9.68. The third-order valence-electron chi connectivity index (χ3n) is 8.54. The number of aromatic nitrogens is 2. The van der Waals surface area contributed by atoms with Gasteiger partial charge in [-0.25, -0.2) is 9.97 Å². The van der Waals surface area contributed by atoms with E-state index in [4.69, 9.17) is 15.7 Å². The topological polar surface area (TPSA) is 84.1 Å². The summed E-state index contributed by atoms with van der Waals surface area (Å²) < 4.78 is 40.3. The number of nitrogens with one attached hydrogen (secondary N) is 1. The van der Waals surface area contributed by atoms with E-state index < -0.39 is 17.8 Å². The number of amides is 1. The molecule has 1 aliphatic heterocycles. The number of alkyl halides is 3. The van der Waals surface area contributed by atoms with E-state index in [2.05, 4.69) is 11.4 Å². The van der Waals surface area contributed by atoms with Gasteiger partial charge in [0.05, 0.1) is 17.1 Å². The van der Waals surface area contributed by atoms with Gasteiger partial charge in [-0.2, -0.15) is 13.2 Å². The zero-order valence-electron chi connectivity index (χ0n) is 22.4. The Kier molecular flexibility index (Phi) is 6.43. The molecule has 2 aromatic carbocycles. The molecule has 1 amide bonds. The number of fused-ring (bicyclic) bond motifs is 3. The van der Waals surface area contributed by atoms with Crippen molar-refractivity contribution in [1.82, 2.24) is 14.9 Å². The molecule has 2 aliphatic carbocycles. The smallest absolute Gasteiger partial charge is 0.399 e. The third kappa shape index (κ3) is 5.03. The van der Waals surface area contributed by atoms with Crippen LogP contribution in [-0.2, 0) is 23.8 Å². The van der Waals surface area contributed by atoms with Crippen LogP contribution in [0, 0.1) is 12.8 Å². The van der Waals surface area contributed by atoms with Crippen LogP contribution in [0.25, 0.3) is 10.9 Å². The molecule has 0 bridgehead atoms. The number of carbonyl (C=O) groups excluding carboxylic acids is 1. The number of aryl methyl sites for hydroxylation is 2. The van der Waals surface area contributed by atoms with Gasteiger partial charge in [0.1, 0.15) is 11.6 Å². The Bertz CT molecular complexity index is 1440. The van der Waals surface area contributed by atoms with E-state index in [9.17, 15) is 18.0 Å². The monoisotopic (exact) mass is 537 g/mol. The minimum Gasteiger partial charge on any atom is -0.399 e. The first-order chi connectivity index (χ1) is 18.6. The van der Waals surface area contributed by atoms with Crippen molar-refractivity contribution in [3.8, 4) is 0 Å². The number of piperidine rings is 1. The minimum atomic E-state index is -4.48. The molecule has 0 spiro atoms. The molecular formula is C30H34F3N5O. The zero-order valence-corrected chi connectivity index (χ0v) is 22.4. The van der Waals surface area contributed by atoms with Crippen molar-refractivity contribution in [3.05, 3.63) is 57.9 Å². The highest BCUT2D eigenvalue weighted by Gasteiger charge is 2.36. The molecule has 3 N–H and O–H groups in total. The van der Waals surface area contributed by atoms with Gasteiger partial charge in [-0.3, -0.25) is 4.79 Å². The summed E-state index contributed by atoms with van der Waals surface area (Å²) in [5.41, 5.74) is 10.5. The Morgan fingerprint density at radius 3 is 2.46 bits per heavy atom. The van der Waals surface area contributed by atoms with E-state index in [-0.39, 0.29) is 11.6 Å². The van der Waals surface area contributed by atoms with Gasteiger partial charge >= 0.3 is 6.18 Å². The summed E-state index contributed by atoms with van der Waals surface area (Å²) in [4.78, 5) is 24.2. The maximum atomic E-state index is 13.4. The molecule has 1 atom stereocenters. The number of rotatable bonds is 5. The Morgan fingerprint density at radius 2 is 1.77 bits per heavy atom. The van der Waals surface area contributed by atoms with Gasteiger partial charge < -0.3 is 16.0 Å². The molecule has 1 aromatic heterocycles. The molecular weight excluding hydrogens is 503 g/mol. The van der Waals surface area contributed by atoms with E-state index in [1.54, 1.807) is 6.07 Å². The van der Waals surface area contributed by atoms with E-state index in [0.717, 1.165) is 81.1 Å². The van der Waals surface area contributed by atoms with Gasteiger partial charge in [0.2, 0.25) is 5.91 Å². The molecule has 3 aliphatic rings. The number of carbonyl (C=O) groups is 1. The van der Waals surface area contributed by atoms with E-state index in [1.165, 1.54) is 16.7 Å². The van der Waals surface area contributed by atoms with Crippen molar-refractivity contribution in [2.75, 3.05) is 24.1 Å². The number of halogens is 3. The van der Waals surface area contributed by atoms with Gasteiger partial charge in [0, 0.05) is 30.1 Å². The second-order valence-corrected chi connectivity index (χ2v) is 11.4. The van der Waals surface area contributed by atoms with Crippen molar-refractivity contribution < 1.29 is 18.0 Å². The standard InChI is InChI=1S/C30H34F3N5O/c1-16(20-12-21(30(31,32)33)14-22(34)13-20)35-28-26-15-25(18-8-10-38(11-9-18)29(39)19-6-7-19)23-4-3-5-24(23)27(26)36-17(2)37-28/h12-16,18-19H,3-11,34H2,1-2H3,(H,35,36,37)/t16-/m1/s1. The van der Waals surface area contributed by atoms with Crippen LogP contribution in [0.2, 0.25) is 0 Å². The maximum Gasteiger partial charge on any atom is 0.416 e. The molecule has 39 heavy (non-hydrogen) atoms. The lowest BCUT2D eigenvalue weighted by molar-refractivity contribution is -0.137. The quantitative estimate of drug-likeness (QED) is 0.372. The van der Waals surface area contributed by atoms with Crippen molar-refractivity contribution in [1.29, 1.82) is 0 Å². The fraction of sp³-hybridized carbons (Fsp3) is 0.500. The number of hydrogen-bond donors (Lipinski definition) is 2. The molecule has 6 rings (SSSR count). The summed E-state index contributed by atoms with van der Waals surface area (Å²) >= 11 is 0. The molecule has 9 heteroatoms. The molecule has 3 aromatic rings. The van der Waals surface area contributed by atoms with Crippen molar-refractivity contribution in [3.63, 3.8) is 0 Å². The number of nitrogen functional groups attached to an aromatic ring is 1. The van der Waals surface area contributed by atoms with Crippen LogP contribution < -0.4 is 11.1 Å². The first kappa shape index (κ1) is 25.9. The number of benzene rings is 2. The molecule has 1 saturated carbocycles. The van der Waals surface area contributed by atoms with Crippen LogP contribution in [0.3, 0.4) is 0 Å². The second-order valence-electron chi connectivity index (χ2n) is 11.4. The molecule has 0 unspecified atom stereocenters. The van der Waals surface area contributed by atoms with Crippen LogP contribution in [0.4, 0.5) is 24.7 Å². The predicted molar refractivity (Wildman–Crippen MR) is 145 cm³/mol. The van der Waals surface area contributed by atoms with Gasteiger partial charge in [0.15, 0.2) is 0 Å². The van der Waals surface area contributed by atoms with Crippen LogP contribution in [-0.4, -0.2) is 33.9 Å². The number of hydrogen-bond acceptors (Lipinski definition) is 5. The largest absolute Gasteiger partial charge is 0.416 e. The Balaban J connectivity index is 1.34. The number of nitrogens with zero attached hydrogens (tertiary/aromatic N) is 3. The maximum absolute atomic E-state index is 13.4. The lowest BCUT2D eigenvalue weighted by atomic mass is 9.84. The van der Waals surface area contributed by atoms with Crippen molar-refractivity contribution in [2.45, 2.75) is 76.9 Å². The summed E-state index contributed by atoms with van der Waals surface area (Å²) in [6.45, 7) is 5.24. The first-order valence-corrected chi connectivity index (χ1v) is 13.9. The van der Waals surface area contributed by atoms with E-state index in [1.807, 2.05) is 18.7 Å². The van der Waals surface area contributed by atoms with Gasteiger partial charge in [-0.1, -0.05) is 0 Å². The molecule has 2 heterocycles. The van der Waals surface area contributed by atoms with Crippen LogP contribution in [0.15, 0.2) is 24.3 Å². The molecule has 2 fully saturated rings. The molecule has 0 radical (unpaired) electrons. The van der Waals surface area contributed by atoms with Crippen molar-refractivity contribution in [2.24, 2.45) is 5.92 Å². The van der Waals surface area contributed by atoms with Gasteiger partial charge in [-0.15, -0.1) is 0 Å². The zero-order chi connectivity index (χ0) is 27.5. The highest BCUT2D eigenvalue weighted by atomic mass is 19.4. The highest BCUT2D eigenvalue weighted by molar-refractivity contribution is 5.93. The molecule has 6 nitrogen and oxygen atoms in total. The Labute approximate surface area is 226 Å². The third-order valence-corrected chi connectivity index (χ3v) is 8.54. The molecule has 1 saturated heterocycles. The van der Waals surface area contributed by atoms with Crippen LogP contribution in [0.5, 0.6) is 0 Å². The summed E-state index contributed by atoms with van der Waals surface area (Å²) in [6.07, 6.45) is 2.50. The van der Waals surface area contributed by atoms with E-state index in [0.29, 0.717) is 29.0 Å². The summed E-state index contributed by atoms with van der Waals surface area (Å²) in [5.74, 6) is 2.17. The summed E-state index contributed by atoms with van der Waals surface area (Å²) in [6, 6.07) is 5.42. The predicted octanol–water partition coefficient (Wildman–Crippen LogP) is 6.32. The van der Waals surface area contributed by atoms with E-state index >= 15 is 0 Å². The summed E-state index contributed by atoms with van der Waals surface area (Å²) in [5, 5.41) is 4.29. The average molecular weight is 538 g/mol. The SMILES string of the molecule is Cc1nc(N[C@H](C)c2cc(N)cc(C(F)(F)F)c2)c2cc(C3CCN(C(=O)C4CC4)CC3)c3c(c2n1)CCC3. The lowest BCUT2D eigenvalue weighted by Gasteiger charge is -2.33. The fourth-order valence-electron chi connectivity index (χ4n) is 6.37. The average Bonchev–Trinajstić information content (AvgIpc) is 3.63. The molecule has 206 valence electrons. The highest BCUT2D eigenvalue weighted by Crippen LogP contribution is 2.42. The Hall–Kier alpha value is -3.36. The van der Waals surface area contributed by atoms with Gasteiger partial charge in [0.25, 0.3) is 0 Å². The van der Waals surface area contributed by atoms with Crippen LogP contribution >= 0.6 is 0 Å². The van der Waals surface area contributed by atoms with Gasteiger partial charge in [-0.05, 0) is 111 Å².